The van der Waals surface area contributed by atoms with Gasteiger partial charge < -0.3 is 10.0 Å². The lowest BCUT2D eigenvalue weighted by molar-refractivity contribution is -0.150. The Labute approximate surface area is 126 Å². The van der Waals surface area contributed by atoms with Gasteiger partial charge in [-0.2, -0.15) is 0 Å². The van der Waals surface area contributed by atoms with Crippen LogP contribution >= 0.6 is 11.8 Å². The Hall–Kier alpha value is -0.710. The first kappa shape index (κ1) is 17.3. The van der Waals surface area contributed by atoms with E-state index >= 15 is 0 Å². The fourth-order valence-electron chi connectivity index (χ4n) is 2.42. The topological polar surface area (TPSA) is 57.6 Å². The third kappa shape index (κ3) is 5.00. The molecule has 1 saturated heterocycles. The monoisotopic (exact) mass is 301 g/mol. The summed E-state index contributed by atoms with van der Waals surface area (Å²) in [5.74, 6) is -0.378. The molecule has 0 saturated carbocycles. The van der Waals surface area contributed by atoms with Crippen LogP contribution in [0.4, 0.5) is 0 Å². The largest absolute Gasteiger partial charge is 0.480 e. The fraction of sp³-hybridized carbons (Fsp3) is 0.867. The fourth-order valence-corrected chi connectivity index (χ4v) is 3.89. The number of rotatable bonds is 6. The molecule has 1 amide bonds. The highest BCUT2D eigenvalue weighted by molar-refractivity contribution is 8.00. The summed E-state index contributed by atoms with van der Waals surface area (Å²) in [6, 6.07) is -0.651. The highest BCUT2D eigenvalue weighted by Crippen LogP contribution is 2.35. The number of carbonyl (C=O) groups excluding carboxylic acids is 1. The van der Waals surface area contributed by atoms with E-state index in [2.05, 4.69) is 6.92 Å². The molecule has 0 aliphatic carbocycles. The molecule has 4 nitrogen and oxygen atoms in total. The highest BCUT2D eigenvalue weighted by Gasteiger charge is 2.41. The van der Waals surface area contributed by atoms with E-state index in [1.165, 1.54) is 0 Å². The lowest BCUT2D eigenvalue weighted by Gasteiger charge is -2.30. The number of carbonyl (C=O) groups is 2. The van der Waals surface area contributed by atoms with Crippen molar-refractivity contribution in [3.63, 3.8) is 0 Å². The second kappa shape index (κ2) is 7.34. The van der Waals surface area contributed by atoms with Crippen LogP contribution < -0.4 is 0 Å². The second-order valence-corrected chi connectivity index (χ2v) is 7.89. The van der Waals surface area contributed by atoms with Gasteiger partial charge in [0.15, 0.2) is 0 Å². The van der Waals surface area contributed by atoms with Gasteiger partial charge in [0.2, 0.25) is 5.91 Å². The molecule has 0 bridgehead atoms. The van der Waals surface area contributed by atoms with Crippen molar-refractivity contribution < 1.29 is 14.7 Å². The first-order valence-electron chi connectivity index (χ1n) is 7.42. The van der Waals surface area contributed by atoms with Gasteiger partial charge in [-0.3, -0.25) is 4.79 Å². The van der Waals surface area contributed by atoms with Crippen molar-refractivity contribution in [1.29, 1.82) is 0 Å². The van der Waals surface area contributed by atoms with Crippen molar-refractivity contribution in [2.75, 3.05) is 5.75 Å². The summed E-state index contributed by atoms with van der Waals surface area (Å²) in [7, 11) is 0. The van der Waals surface area contributed by atoms with Gasteiger partial charge in [0.05, 0.1) is 5.37 Å². The van der Waals surface area contributed by atoms with E-state index in [-0.39, 0.29) is 16.7 Å². The minimum atomic E-state index is -0.877. The number of amides is 1. The first-order valence-corrected chi connectivity index (χ1v) is 8.46. The second-order valence-electron chi connectivity index (χ2n) is 6.68. The number of aliphatic carboxylic acids is 1. The number of carboxylic acids is 1. The van der Waals surface area contributed by atoms with Gasteiger partial charge in [0, 0.05) is 12.2 Å². The standard InChI is InChI=1S/C15H27NO3S/c1-5-6-7-8-13-16(11(10-20-13)14(18)19)12(17)9-15(2,3)4/h11,13H,5-10H2,1-4H3,(H,18,19). The van der Waals surface area contributed by atoms with E-state index in [4.69, 9.17) is 0 Å². The van der Waals surface area contributed by atoms with Gasteiger partial charge >= 0.3 is 5.97 Å². The molecule has 0 spiro atoms. The van der Waals surface area contributed by atoms with E-state index < -0.39 is 12.0 Å². The molecule has 1 fully saturated rings. The Morgan fingerprint density at radius 3 is 2.45 bits per heavy atom. The molecular formula is C15H27NO3S. The molecule has 1 aliphatic rings. The lowest BCUT2D eigenvalue weighted by Crippen LogP contribution is -2.46. The third-order valence-corrected chi connectivity index (χ3v) is 4.76. The molecule has 1 N–H and O–H groups in total. The summed E-state index contributed by atoms with van der Waals surface area (Å²) in [6.45, 7) is 8.17. The van der Waals surface area contributed by atoms with Crippen molar-refractivity contribution in [3.05, 3.63) is 0 Å². The van der Waals surface area contributed by atoms with Crippen molar-refractivity contribution in [2.24, 2.45) is 5.41 Å². The van der Waals surface area contributed by atoms with Gasteiger partial charge in [-0.1, -0.05) is 47.0 Å². The highest BCUT2D eigenvalue weighted by atomic mass is 32.2. The van der Waals surface area contributed by atoms with E-state index in [0.717, 1.165) is 25.7 Å². The van der Waals surface area contributed by atoms with Gasteiger partial charge in [0.1, 0.15) is 6.04 Å². The summed E-state index contributed by atoms with van der Waals surface area (Å²) < 4.78 is 0. The van der Waals surface area contributed by atoms with Gasteiger partial charge in [-0.25, -0.2) is 4.79 Å². The molecule has 1 aliphatic heterocycles. The zero-order chi connectivity index (χ0) is 15.3. The van der Waals surface area contributed by atoms with Crippen LogP contribution in [0.5, 0.6) is 0 Å². The van der Waals surface area contributed by atoms with Crippen LogP contribution in [-0.2, 0) is 9.59 Å². The Balaban J connectivity index is 2.75. The summed E-state index contributed by atoms with van der Waals surface area (Å²) in [5.41, 5.74) is -0.110. The van der Waals surface area contributed by atoms with E-state index in [0.29, 0.717) is 12.2 Å². The van der Waals surface area contributed by atoms with Crippen molar-refractivity contribution in [1.82, 2.24) is 4.90 Å². The van der Waals surface area contributed by atoms with E-state index in [9.17, 15) is 14.7 Å². The average Bonchev–Trinajstić information content (AvgIpc) is 2.71. The van der Waals surface area contributed by atoms with Crippen LogP contribution in [0.1, 0.15) is 59.8 Å². The molecule has 1 rings (SSSR count). The molecule has 0 aromatic heterocycles. The molecule has 2 unspecified atom stereocenters. The van der Waals surface area contributed by atoms with Crippen molar-refractivity contribution >= 4 is 23.6 Å². The quantitative estimate of drug-likeness (QED) is 0.764. The smallest absolute Gasteiger partial charge is 0.327 e. The molecule has 2 atom stereocenters. The van der Waals surface area contributed by atoms with Crippen molar-refractivity contribution in [2.45, 2.75) is 71.2 Å². The van der Waals surface area contributed by atoms with Crippen LogP contribution in [0.25, 0.3) is 0 Å². The summed E-state index contributed by atoms with van der Waals surface area (Å²) in [6.07, 6.45) is 4.63. The van der Waals surface area contributed by atoms with Crippen LogP contribution in [0.15, 0.2) is 0 Å². The maximum atomic E-state index is 12.5. The molecule has 0 radical (unpaired) electrons. The number of carboxylic acid groups (broad SMARTS) is 1. The molecule has 116 valence electrons. The minimum Gasteiger partial charge on any atom is -0.480 e. The Morgan fingerprint density at radius 1 is 1.30 bits per heavy atom. The number of unbranched alkanes of at least 4 members (excludes halogenated alkanes) is 2. The Kier molecular flexibility index (Phi) is 6.37. The van der Waals surface area contributed by atoms with E-state index in [1.54, 1.807) is 16.7 Å². The van der Waals surface area contributed by atoms with Gasteiger partial charge in [0.25, 0.3) is 0 Å². The van der Waals surface area contributed by atoms with Crippen molar-refractivity contribution in [3.8, 4) is 0 Å². The molecule has 5 heteroatoms. The summed E-state index contributed by atoms with van der Waals surface area (Å²) >= 11 is 1.62. The first-order chi connectivity index (χ1) is 9.26. The number of thioether (sulfide) groups is 1. The average molecular weight is 301 g/mol. The van der Waals surface area contributed by atoms with E-state index in [1.807, 2.05) is 20.8 Å². The Morgan fingerprint density at radius 2 is 1.95 bits per heavy atom. The predicted octanol–water partition coefficient (Wildman–Crippen LogP) is 3.36. The SMILES string of the molecule is CCCCCC1SCC(C(=O)O)N1C(=O)CC(C)(C)C. The molecule has 1 heterocycles. The van der Waals surface area contributed by atoms with Crippen LogP contribution in [-0.4, -0.2) is 39.1 Å². The zero-order valence-electron chi connectivity index (χ0n) is 13.0. The molecule has 0 aromatic rings. The summed E-state index contributed by atoms with van der Waals surface area (Å²) in [5, 5.41) is 9.35. The predicted molar refractivity (Wildman–Crippen MR) is 82.7 cm³/mol. The van der Waals surface area contributed by atoms with Crippen LogP contribution in [0, 0.1) is 5.41 Å². The molecular weight excluding hydrogens is 274 g/mol. The van der Waals surface area contributed by atoms with Gasteiger partial charge in [-0.05, 0) is 11.8 Å². The summed E-state index contributed by atoms with van der Waals surface area (Å²) in [4.78, 5) is 25.5. The minimum absolute atomic E-state index is 0.0172. The number of hydrogen-bond acceptors (Lipinski definition) is 3. The molecule has 20 heavy (non-hydrogen) atoms. The number of nitrogens with zero attached hydrogens (tertiary/aromatic N) is 1. The Bertz CT molecular complexity index is 352. The maximum absolute atomic E-state index is 12.5. The van der Waals surface area contributed by atoms with Crippen LogP contribution in [0.3, 0.4) is 0 Å². The normalized spacial score (nSPS) is 23.1. The third-order valence-electron chi connectivity index (χ3n) is 3.40. The van der Waals surface area contributed by atoms with Gasteiger partial charge in [-0.15, -0.1) is 11.8 Å². The zero-order valence-corrected chi connectivity index (χ0v) is 13.8. The number of hydrogen-bond donors (Lipinski definition) is 1. The van der Waals surface area contributed by atoms with Crippen LogP contribution in [0.2, 0.25) is 0 Å². The maximum Gasteiger partial charge on any atom is 0.327 e. The lowest BCUT2D eigenvalue weighted by atomic mass is 9.91. The molecule has 0 aromatic carbocycles.